The number of carbonyl (C=O) groups excluding carboxylic acids is 1. The smallest absolute Gasteiger partial charge is 0.145 e. The zero-order chi connectivity index (χ0) is 15.3. The SMILES string of the molecule is Cc1ccc(C2=C[C@]3(C)C(=O)CC[C@@]3(O)[C@H](O)CC2)cc1. The maximum atomic E-state index is 12.3. The molecule has 0 unspecified atom stereocenters. The van der Waals surface area contributed by atoms with Gasteiger partial charge in [-0.05, 0) is 44.2 Å². The van der Waals surface area contributed by atoms with Crippen molar-refractivity contribution < 1.29 is 15.0 Å². The van der Waals surface area contributed by atoms with Gasteiger partial charge >= 0.3 is 0 Å². The molecule has 112 valence electrons. The van der Waals surface area contributed by atoms with Crippen LogP contribution in [0.3, 0.4) is 0 Å². The molecular formula is C18H22O3. The van der Waals surface area contributed by atoms with E-state index < -0.39 is 17.1 Å². The van der Waals surface area contributed by atoms with Gasteiger partial charge in [-0.3, -0.25) is 4.79 Å². The molecule has 21 heavy (non-hydrogen) atoms. The van der Waals surface area contributed by atoms with E-state index in [9.17, 15) is 15.0 Å². The number of hydrogen-bond donors (Lipinski definition) is 2. The second kappa shape index (κ2) is 4.79. The van der Waals surface area contributed by atoms with Crippen molar-refractivity contribution in [2.75, 3.05) is 0 Å². The number of carbonyl (C=O) groups is 1. The molecule has 3 atom stereocenters. The highest BCUT2D eigenvalue weighted by Crippen LogP contribution is 2.51. The summed E-state index contributed by atoms with van der Waals surface area (Å²) < 4.78 is 0. The molecule has 2 N–H and O–H groups in total. The van der Waals surface area contributed by atoms with Gasteiger partial charge in [0, 0.05) is 6.42 Å². The van der Waals surface area contributed by atoms with Gasteiger partial charge in [-0.25, -0.2) is 0 Å². The van der Waals surface area contributed by atoms with Crippen LogP contribution in [0, 0.1) is 12.3 Å². The van der Waals surface area contributed by atoms with Gasteiger partial charge in [-0.15, -0.1) is 0 Å². The lowest BCUT2D eigenvalue weighted by atomic mass is 9.72. The first-order valence-corrected chi connectivity index (χ1v) is 7.59. The topological polar surface area (TPSA) is 57.5 Å². The molecule has 1 saturated carbocycles. The molecule has 3 heteroatoms. The van der Waals surface area contributed by atoms with E-state index in [4.69, 9.17) is 0 Å². The van der Waals surface area contributed by atoms with Crippen molar-refractivity contribution in [3.63, 3.8) is 0 Å². The Hall–Kier alpha value is -1.45. The fraction of sp³-hybridized carbons (Fsp3) is 0.500. The second-order valence-corrected chi connectivity index (χ2v) is 6.64. The van der Waals surface area contributed by atoms with Gasteiger partial charge in [0.1, 0.15) is 11.4 Å². The minimum Gasteiger partial charge on any atom is -0.390 e. The first-order valence-electron chi connectivity index (χ1n) is 7.59. The van der Waals surface area contributed by atoms with E-state index in [1.807, 2.05) is 37.3 Å². The van der Waals surface area contributed by atoms with E-state index >= 15 is 0 Å². The first-order chi connectivity index (χ1) is 9.87. The molecule has 2 aliphatic carbocycles. The lowest BCUT2D eigenvalue weighted by Crippen LogP contribution is -2.52. The Morgan fingerprint density at radius 3 is 2.52 bits per heavy atom. The van der Waals surface area contributed by atoms with E-state index in [1.165, 1.54) is 5.56 Å². The summed E-state index contributed by atoms with van der Waals surface area (Å²) >= 11 is 0. The molecule has 0 heterocycles. The largest absolute Gasteiger partial charge is 0.390 e. The second-order valence-electron chi connectivity index (χ2n) is 6.64. The summed E-state index contributed by atoms with van der Waals surface area (Å²) in [4.78, 5) is 12.3. The zero-order valence-corrected chi connectivity index (χ0v) is 12.6. The molecule has 0 aliphatic heterocycles. The van der Waals surface area contributed by atoms with E-state index in [-0.39, 0.29) is 5.78 Å². The first kappa shape index (κ1) is 14.5. The molecule has 2 aliphatic rings. The number of ketones is 1. The Labute approximate surface area is 125 Å². The Morgan fingerprint density at radius 2 is 1.86 bits per heavy atom. The van der Waals surface area contributed by atoms with Crippen LogP contribution in [-0.2, 0) is 4.79 Å². The Bertz CT molecular complexity index is 601. The zero-order valence-electron chi connectivity index (χ0n) is 12.6. The lowest BCUT2D eigenvalue weighted by molar-refractivity contribution is -0.144. The molecule has 0 aromatic heterocycles. The number of hydrogen-bond acceptors (Lipinski definition) is 3. The average molecular weight is 286 g/mol. The van der Waals surface area contributed by atoms with Crippen molar-refractivity contribution in [1.82, 2.24) is 0 Å². The van der Waals surface area contributed by atoms with Gasteiger partial charge < -0.3 is 10.2 Å². The lowest BCUT2D eigenvalue weighted by Gasteiger charge is -2.38. The van der Waals surface area contributed by atoms with Crippen LogP contribution >= 0.6 is 0 Å². The minimum atomic E-state index is -1.32. The van der Waals surface area contributed by atoms with Crippen LogP contribution in [0.15, 0.2) is 30.3 Å². The third-order valence-electron chi connectivity index (χ3n) is 5.34. The Kier molecular flexibility index (Phi) is 3.30. The van der Waals surface area contributed by atoms with E-state index in [0.29, 0.717) is 25.7 Å². The van der Waals surface area contributed by atoms with Crippen molar-refractivity contribution in [1.29, 1.82) is 0 Å². The van der Waals surface area contributed by atoms with Crippen LogP contribution in [0.4, 0.5) is 0 Å². The monoisotopic (exact) mass is 286 g/mol. The predicted octanol–water partition coefficient (Wildman–Crippen LogP) is 2.63. The summed E-state index contributed by atoms with van der Waals surface area (Å²) in [7, 11) is 0. The Balaban J connectivity index is 2.09. The maximum absolute atomic E-state index is 12.3. The third-order valence-corrected chi connectivity index (χ3v) is 5.34. The summed E-state index contributed by atoms with van der Waals surface area (Å²) in [5.74, 6) is 0.0237. The number of rotatable bonds is 1. The maximum Gasteiger partial charge on any atom is 0.145 e. The fourth-order valence-corrected chi connectivity index (χ4v) is 3.73. The molecule has 3 rings (SSSR count). The van der Waals surface area contributed by atoms with Crippen LogP contribution in [-0.4, -0.2) is 27.7 Å². The molecule has 0 radical (unpaired) electrons. The van der Waals surface area contributed by atoms with Crippen molar-refractivity contribution in [3.05, 3.63) is 41.5 Å². The predicted molar refractivity (Wildman–Crippen MR) is 81.7 cm³/mol. The molecule has 1 aromatic carbocycles. The van der Waals surface area contributed by atoms with Gasteiger partial charge in [0.15, 0.2) is 0 Å². The standard InChI is InChI=1S/C18H22O3/c1-12-3-5-13(6-4-12)14-7-8-16(20)18(21)10-9-15(19)17(18,2)11-14/h3-6,11,16,20-21H,7-10H2,1-2H3/t16-,17-,18-/m1/s1. The van der Waals surface area contributed by atoms with Crippen molar-refractivity contribution in [3.8, 4) is 0 Å². The summed E-state index contributed by atoms with van der Waals surface area (Å²) in [5, 5.41) is 21.3. The molecule has 0 saturated heterocycles. The van der Waals surface area contributed by atoms with Gasteiger partial charge in [0.25, 0.3) is 0 Å². The molecule has 1 aromatic rings. The van der Waals surface area contributed by atoms with Gasteiger partial charge in [-0.2, -0.15) is 0 Å². The van der Waals surface area contributed by atoms with Crippen molar-refractivity contribution >= 4 is 11.4 Å². The highest BCUT2D eigenvalue weighted by molar-refractivity contribution is 5.92. The molecular weight excluding hydrogens is 264 g/mol. The number of aliphatic hydroxyl groups excluding tert-OH is 1. The number of allylic oxidation sites excluding steroid dienone is 1. The molecule has 3 nitrogen and oxygen atoms in total. The van der Waals surface area contributed by atoms with Crippen LogP contribution in [0.5, 0.6) is 0 Å². The molecule has 1 fully saturated rings. The number of aryl methyl sites for hydroxylation is 1. The van der Waals surface area contributed by atoms with E-state index in [2.05, 4.69) is 0 Å². The third kappa shape index (κ3) is 2.07. The summed E-state index contributed by atoms with van der Waals surface area (Å²) in [6.07, 6.45) is 2.90. The van der Waals surface area contributed by atoms with E-state index in [1.54, 1.807) is 6.92 Å². The number of Topliss-reactive ketones (excluding diaryl/α,β-unsaturated/α-hetero) is 1. The van der Waals surface area contributed by atoms with Crippen molar-refractivity contribution in [2.24, 2.45) is 5.41 Å². The average Bonchev–Trinajstić information content (AvgIpc) is 2.63. The summed E-state index contributed by atoms with van der Waals surface area (Å²) in [5.41, 5.74) is 0.994. The quantitative estimate of drug-likeness (QED) is 0.834. The van der Waals surface area contributed by atoms with Gasteiger partial charge in [-0.1, -0.05) is 35.9 Å². The molecule has 0 spiro atoms. The number of fused-ring (bicyclic) bond motifs is 1. The molecule has 0 bridgehead atoms. The highest BCUT2D eigenvalue weighted by Gasteiger charge is 2.59. The fourth-order valence-electron chi connectivity index (χ4n) is 3.73. The van der Waals surface area contributed by atoms with Gasteiger partial charge in [0.05, 0.1) is 11.5 Å². The normalized spacial score (nSPS) is 36.1. The van der Waals surface area contributed by atoms with Crippen LogP contribution in [0.25, 0.3) is 5.57 Å². The van der Waals surface area contributed by atoms with E-state index in [0.717, 1.165) is 11.1 Å². The van der Waals surface area contributed by atoms with Crippen molar-refractivity contribution in [2.45, 2.75) is 51.2 Å². The number of benzene rings is 1. The van der Waals surface area contributed by atoms with Gasteiger partial charge in [0.2, 0.25) is 0 Å². The number of aliphatic hydroxyl groups is 2. The minimum absolute atomic E-state index is 0.0237. The summed E-state index contributed by atoms with van der Waals surface area (Å²) in [6.45, 7) is 3.81. The highest BCUT2D eigenvalue weighted by atomic mass is 16.3. The van der Waals surface area contributed by atoms with Crippen LogP contribution < -0.4 is 0 Å². The van der Waals surface area contributed by atoms with Crippen LogP contribution in [0.2, 0.25) is 0 Å². The Morgan fingerprint density at radius 1 is 1.19 bits per heavy atom. The van der Waals surface area contributed by atoms with Crippen LogP contribution in [0.1, 0.15) is 43.7 Å². The molecule has 0 amide bonds. The summed E-state index contributed by atoms with van der Waals surface area (Å²) in [6, 6.07) is 8.17.